The average molecular weight is 550 g/mol. The molecule has 3 heterocycles. The molecular weight excluding hydrogens is 515 g/mol. The Kier molecular flexibility index (Phi) is 9.58. The van der Waals surface area contributed by atoms with E-state index >= 15 is 0 Å². The Morgan fingerprint density at radius 1 is 1.13 bits per heavy atom. The number of carboxylic acids is 1. The van der Waals surface area contributed by atoms with E-state index in [4.69, 9.17) is 14.6 Å². The number of carbonyl (C=O) groups excluding carboxylic acids is 2. The number of hydrogen-bond acceptors (Lipinski definition) is 5. The van der Waals surface area contributed by atoms with Crippen LogP contribution in [0, 0.1) is 12.8 Å². The van der Waals surface area contributed by atoms with Gasteiger partial charge in [-0.25, -0.2) is 9.78 Å². The number of aromatic nitrogens is 1. The van der Waals surface area contributed by atoms with Crippen LogP contribution in [0.25, 0.3) is 0 Å². The summed E-state index contributed by atoms with van der Waals surface area (Å²) in [6.07, 6.45) is -2.32. The highest BCUT2D eigenvalue weighted by molar-refractivity contribution is 5.92. The second-order valence-corrected chi connectivity index (χ2v) is 10.4. The predicted molar refractivity (Wildman–Crippen MR) is 137 cm³/mol. The van der Waals surface area contributed by atoms with Crippen molar-refractivity contribution < 1.29 is 37.4 Å². The SMILES string of the molecule is Cc1cccc(C(=O)N2CCC3(CC2)CC(CC(=O)NCC(C)C)c2ccccc2O3)n1.O=C(O)C(F)(F)F. The summed E-state index contributed by atoms with van der Waals surface area (Å²) in [5.41, 5.74) is 2.11. The first-order chi connectivity index (χ1) is 18.3. The molecule has 0 bridgehead atoms. The van der Waals surface area contributed by atoms with Crippen LogP contribution in [0.15, 0.2) is 42.5 Å². The molecule has 1 spiro atoms. The van der Waals surface area contributed by atoms with Crippen molar-refractivity contribution >= 4 is 17.8 Å². The molecule has 1 unspecified atom stereocenters. The molecule has 39 heavy (non-hydrogen) atoms. The number of piperidine rings is 1. The van der Waals surface area contributed by atoms with Crippen LogP contribution in [0.2, 0.25) is 0 Å². The Balaban J connectivity index is 0.000000532. The molecule has 11 heteroatoms. The first-order valence-corrected chi connectivity index (χ1v) is 12.9. The standard InChI is InChI=1S/C26H33N3O3.C2HF3O2/c1-18(2)17-27-24(30)15-20-16-26(32-23-10-5-4-8-21(20)23)11-13-29(14-12-26)25(31)22-9-6-7-19(3)28-22;3-2(4,5)1(6)7/h4-10,18,20H,11-17H2,1-3H3,(H,27,30);(H,6,7). The van der Waals surface area contributed by atoms with Gasteiger partial charge in [-0.1, -0.05) is 38.1 Å². The number of para-hydroxylation sites is 1. The molecule has 0 saturated carbocycles. The van der Waals surface area contributed by atoms with Crippen molar-refractivity contribution in [2.75, 3.05) is 19.6 Å². The number of carboxylic acid groups (broad SMARTS) is 1. The van der Waals surface area contributed by atoms with E-state index < -0.39 is 12.1 Å². The van der Waals surface area contributed by atoms with Gasteiger partial charge in [0.05, 0.1) is 0 Å². The number of rotatable bonds is 5. The molecule has 2 aromatic rings. The highest BCUT2D eigenvalue weighted by Gasteiger charge is 2.44. The van der Waals surface area contributed by atoms with Gasteiger partial charge in [0.1, 0.15) is 17.0 Å². The lowest BCUT2D eigenvalue weighted by Crippen LogP contribution is -2.52. The Labute approximate surface area is 225 Å². The van der Waals surface area contributed by atoms with Crippen LogP contribution in [-0.4, -0.2) is 64.2 Å². The van der Waals surface area contributed by atoms with Gasteiger partial charge in [0, 0.05) is 50.5 Å². The largest absolute Gasteiger partial charge is 0.490 e. The number of fused-ring (bicyclic) bond motifs is 1. The normalized spacial score (nSPS) is 17.9. The molecule has 1 atom stereocenters. The molecule has 1 saturated heterocycles. The van der Waals surface area contributed by atoms with Crippen molar-refractivity contribution in [2.45, 2.75) is 64.1 Å². The van der Waals surface area contributed by atoms with Gasteiger partial charge in [0.15, 0.2) is 0 Å². The molecule has 2 amide bonds. The smallest absolute Gasteiger partial charge is 0.487 e. The van der Waals surface area contributed by atoms with Crippen LogP contribution in [0.5, 0.6) is 5.75 Å². The second kappa shape index (κ2) is 12.5. The molecule has 4 rings (SSSR count). The van der Waals surface area contributed by atoms with Gasteiger partial charge in [0.25, 0.3) is 5.91 Å². The first-order valence-electron chi connectivity index (χ1n) is 12.9. The topological polar surface area (TPSA) is 109 Å². The van der Waals surface area contributed by atoms with Crippen molar-refractivity contribution in [1.29, 1.82) is 0 Å². The Bertz CT molecular complexity index is 1180. The average Bonchev–Trinajstić information content (AvgIpc) is 2.87. The number of aryl methyl sites for hydroxylation is 1. The first kappa shape index (κ1) is 29.9. The van der Waals surface area contributed by atoms with Gasteiger partial charge in [-0.15, -0.1) is 0 Å². The Morgan fingerprint density at radius 2 is 1.77 bits per heavy atom. The van der Waals surface area contributed by atoms with Crippen molar-refractivity contribution in [3.8, 4) is 5.75 Å². The van der Waals surface area contributed by atoms with Gasteiger partial charge in [0.2, 0.25) is 5.91 Å². The maximum absolute atomic E-state index is 12.9. The predicted octanol–water partition coefficient (Wildman–Crippen LogP) is 4.73. The number of carbonyl (C=O) groups is 3. The third kappa shape index (κ3) is 8.18. The molecule has 1 fully saturated rings. The van der Waals surface area contributed by atoms with Crippen LogP contribution >= 0.6 is 0 Å². The molecule has 212 valence electrons. The Hall–Kier alpha value is -3.63. The highest BCUT2D eigenvalue weighted by atomic mass is 19.4. The molecule has 2 N–H and O–H groups in total. The summed E-state index contributed by atoms with van der Waals surface area (Å²) in [6.45, 7) is 8.04. The molecular formula is C28H34F3N3O5. The van der Waals surface area contributed by atoms with Gasteiger partial charge < -0.3 is 20.1 Å². The number of ether oxygens (including phenoxy) is 1. The van der Waals surface area contributed by atoms with Crippen LogP contribution in [0.1, 0.15) is 67.2 Å². The van der Waals surface area contributed by atoms with Crippen LogP contribution < -0.4 is 10.1 Å². The fourth-order valence-electron chi connectivity index (χ4n) is 4.79. The number of hydrogen-bond donors (Lipinski definition) is 2. The summed E-state index contributed by atoms with van der Waals surface area (Å²) < 4.78 is 38.3. The van der Waals surface area contributed by atoms with Crippen LogP contribution in [-0.2, 0) is 9.59 Å². The molecule has 2 aliphatic rings. The van der Waals surface area contributed by atoms with Crippen LogP contribution in [0.3, 0.4) is 0 Å². The number of nitrogens with zero attached hydrogens (tertiary/aromatic N) is 2. The fourth-order valence-corrected chi connectivity index (χ4v) is 4.79. The third-order valence-electron chi connectivity index (χ3n) is 6.75. The molecule has 8 nitrogen and oxygen atoms in total. The fraction of sp³-hybridized carbons (Fsp3) is 0.500. The van der Waals surface area contributed by atoms with E-state index in [9.17, 15) is 22.8 Å². The van der Waals surface area contributed by atoms with Gasteiger partial charge >= 0.3 is 12.1 Å². The van der Waals surface area contributed by atoms with Crippen molar-refractivity contribution in [1.82, 2.24) is 15.2 Å². The summed E-state index contributed by atoms with van der Waals surface area (Å²) in [6, 6.07) is 13.6. The Morgan fingerprint density at radius 3 is 2.36 bits per heavy atom. The minimum absolute atomic E-state index is 0.0237. The van der Waals surface area contributed by atoms with E-state index in [1.807, 2.05) is 42.2 Å². The second-order valence-electron chi connectivity index (χ2n) is 10.4. The lowest BCUT2D eigenvalue weighted by Gasteiger charge is -2.46. The third-order valence-corrected chi connectivity index (χ3v) is 6.75. The molecule has 2 aliphatic heterocycles. The van der Waals surface area contributed by atoms with Crippen molar-refractivity contribution in [2.24, 2.45) is 5.92 Å². The number of pyridine rings is 1. The van der Waals surface area contributed by atoms with Crippen molar-refractivity contribution in [3.63, 3.8) is 0 Å². The summed E-state index contributed by atoms with van der Waals surface area (Å²) in [4.78, 5) is 40.7. The maximum atomic E-state index is 12.9. The maximum Gasteiger partial charge on any atom is 0.490 e. The van der Waals surface area contributed by atoms with E-state index in [1.165, 1.54) is 0 Å². The lowest BCUT2D eigenvalue weighted by molar-refractivity contribution is -0.192. The zero-order valence-corrected chi connectivity index (χ0v) is 22.3. The highest BCUT2D eigenvalue weighted by Crippen LogP contribution is 2.46. The van der Waals surface area contributed by atoms with Gasteiger partial charge in [-0.05, 0) is 43.0 Å². The number of benzene rings is 1. The minimum atomic E-state index is -5.08. The lowest BCUT2D eigenvalue weighted by atomic mass is 9.76. The zero-order valence-electron chi connectivity index (χ0n) is 22.3. The van der Waals surface area contributed by atoms with E-state index in [-0.39, 0.29) is 23.3 Å². The number of alkyl halides is 3. The molecule has 0 radical (unpaired) electrons. The summed E-state index contributed by atoms with van der Waals surface area (Å²) in [5, 5.41) is 10.2. The van der Waals surface area contributed by atoms with E-state index in [1.54, 1.807) is 6.07 Å². The molecule has 1 aromatic carbocycles. The van der Waals surface area contributed by atoms with Gasteiger partial charge in [-0.2, -0.15) is 13.2 Å². The van der Waals surface area contributed by atoms with E-state index in [2.05, 4.69) is 30.2 Å². The number of aliphatic carboxylic acids is 1. The molecule has 1 aromatic heterocycles. The number of amides is 2. The quantitative estimate of drug-likeness (QED) is 0.559. The number of likely N-dealkylation sites (tertiary alicyclic amines) is 1. The zero-order chi connectivity index (χ0) is 28.8. The van der Waals surface area contributed by atoms with Gasteiger partial charge in [-0.3, -0.25) is 9.59 Å². The van der Waals surface area contributed by atoms with Crippen molar-refractivity contribution in [3.05, 3.63) is 59.4 Å². The number of halogens is 3. The van der Waals surface area contributed by atoms with E-state index in [0.717, 1.165) is 36.3 Å². The monoisotopic (exact) mass is 549 g/mol. The summed E-state index contributed by atoms with van der Waals surface area (Å²) in [5.74, 6) is -1.27. The molecule has 0 aliphatic carbocycles. The minimum Gasteiger partial charge on any atom is -0.487 e. The summed E-state index contributed by atoms with van der Waals surface area (Å²) >= 11 is 0. The summed E-state index contributed by atoms with van der Waals surface area (Å²) in [7, 11) is 0. The van der Waals surface area contributed by atoms with E-state index in [0.29, 0.717) is 37.7 Å². The van der Waals surface area contributed by atoms with Crippen LogP contribution in [0.4, 0.5) is 13.2 Å². The number of nitrogens with one attached hydrogen (secondary N) is 1.